The van der Waals surface area contributed by atoms with Crippen LogP contribution in [0.15, 0.2) is 45.7 Å². The Balaban J connectivity index is 1.71. The van der Waals surface area contributed by atoms with Gasteiger partial charge in [-0.25, -0.2) is 4.39 Å². The Labute approximate surface area is 165 Å². The molecule has 27 heavy (non-hydrogen) atoms. The predicted molar refractivity (Wildman–Crippen MR) is 105 cm³/mol. The van der Waals surface area contributed by atoms with E-state index in [2.05, 4.69) is 4.74 Å². The highest BCUT2D eigenvalue weighted by molar-refractivity contribution is 8.26. The van der Waals surface area contributed by atoms with Gasteiger partial charge in [0.25, 0.3) is 5.91 Å². The Morgan fingerprint density at radius 2 is 2.11 bits per heavy atom. The minimum Gasteiger partial charge on any atom is -0.469 e. The van der Waals surface area contributed by atoms with Crippen molar-refractivity contribution >= 4 is 46.3 Å². The summed E-state index contributed by atoms with van der Waals surface area (Å²) < 4.78 is 24.5. The van der Waals surface area contributed by atoms with Crippen LogP contribution >= 0.6 is 24.0 Å². The van der Waals surface area contributed by atoms with Crippen molar-refractivity contribution in [2.45, 2.75) is 12.8 Å². The third kappa shape index (κ3) is 4.45. The lowest BCUT2D eigenvalue weighted by Gasteiger charge is -2.13. The molecule has 5 nitrogen and oxygen atoms in total. The van der Waals surface area contributed by atoms with Crippen LogP contribution in [0.4, 0.5) is 4.39 Å². The Kier molecular flexibility index (Phi) is 6.08. The molecule has 140 valence electrons. The molecule has 2 aromatic rings. The Bertz CT molecular complexity index is 922. The molecule has 1 aromatic heterocycles. The van der Waals surface area contributed by atoms with Gasteiger partial charge in [-0.15, -0.1) is 0 Å². The molecule has 2 heterocycles. The summed E-state index contributed by atoms with van der Waals surface area (Å²) in [6.45, 7) is 0.343. The van der Waals surface area contributed by atoms with Gasteiger partial charge in [-0.3, -0.25) is 14.5 Å². The zero-order chi connectivity index (χ0) is 19.4. The Morgan fingerprint density at radius 1 is 1.33 bits per heavy atom. The molecule has 0 unspecified atom stereocenters. The second kappa shape index (κ2) is 8.49. The topological polar surface area (TPSA) is 59.8 Å². The number of thiocarbonyl (C=S) groups is 1. The molecule has 0 spiro atoms. The Hall–Kier alpha value is -2.45. The average molecular weight is 405 g/mol. The van der Waals surface area contributed by atoms with Crippen molar-refractivity contribution < 1.29 is 23.1 Å². The zero-order valence-corrected chi connectivity index (χ0v) is 16.1. The van der Waals surface area contributed by atoms with Crippen molar-refractivity contribution in [3.05, 3.63) is 52.9 Å². The molecule has 1 aromatic carbocycles. The molecule has 1 saturated heterocycles. The first-order chi connectivity index (χ1) is 13.0. The maximum absolute atomic E-state index is 13.9. The largest absolute Gasteiger partial charge is 0.469 e. The number of hydrogen-bond acceptors (Lipinski definition) is 6. The highest BCUT2D eigenvalue weighted by atomic mass is 32.2. The molecule has 0 radical (unpaired) electrons. The SMILES string of the molecule is COC(=O)CCCN1C(=O)/C(=C\c2ccc(-c3ccccc3F)o2)SC1=S. The monoisotopic (exact) mass is 405 g/mol. The summed E-state index contributed by atoms with van der Waals surface area (Å²) in [7, 11) is 1.32. The van der Waals surface area contributed by atoms with Crippen LogP contribution < -0.4 is 0 Å². The average Bonchev–Trinajstić information content (AvgIpc) is 3.22. The normalized spacial score (nSPS) is 15.6. The number of thioether (sulfide) groups is 1. The van der Waals surface area contributed by atoms with Crippen molar-refractivity contribution in [2.24, 2.45) is 0 Å². The second-order valence-electron chi connectivity index (χ2n) is 5.69. The van der Waals surface area contributed by atoms with Crippen LogP contribution in [0.1, 0.15) is 18.6 Å². The molecule has 0 saturated carbocycles. The van der Waals surface area contributed by atoms with Gasteiger partial charge in [-0.05, 0) is 30.7 Å². The lowest BCUT2D eigenvalue weighted by molar-refractivity contribution is -0.141. The third-order valence-electron chi connectivity index (χ3n) is 3.90. The summed E-state index contributed by atoms with van der Waals surface area (Å²) in [5.74, 6) is -0.127. The van der Waals surface area contributed by atoms with Gasteiger partial charge in [0.15, 0.2) is 0 Å². The first-order valence-electron chi connectivity index (χ1n) is 8.16. The van der Waals surface area contributed by atoms with E-state index in [1.165, 1.54) is 29.8 Å². The van der Waals surface area contributed by atoms with E-state index >= 15 is 0 Å². The second-order valence-corrected chi connectivity index (χ2v) is 7.37. The van der Waals surface area contributed by atoms with E-state index in [0.717, 1.165) is 0 Å². The van der Waals surface area contributed by atoms with Gasteiger partial charge >= 0.3 is 5.97 Å². The molecular weight excluding hydrogens is 389 g/mol. The molecule has 0 aliphatic carbocycles. The first kappa shape index (κ1) is 19.3. The molecule has 1 amide bonds. The van der Waals surface area contributed by atoms with Gasteiger partial charge in [-0.2, -0.15) is 0 Å². The number of rotatable bonds is 6. The molecule has 1 fully saturated rings. The minimum absolute atomic E-state index is 0.219. The van der Waals surface area contributed by atoms with Crippen molar-refractivity contribution in [1.29, 1.82) is 0 Å². The van der Waals surface area contributed by atoms with Gasteiger partial charge in [0.1, 0.15) is 21.7 Å². The molecule has 1 aliphatic rings. The standard InChI is InChI=1S/C19H16FNO4S2/c1-24-17(22)7-4-10-21-18(23)16(27-19(21)26)11-12-8-9-15(25-12)13-5-2-3-6-14(13)20/h2-3,5-6,8-9,11H,4,7,10H2,1H3/b16-11+. The fraction of sp³-hybridized carbons (Fsp3) is 0.211. The summed E-state index contributed by atoms with van der Waals surface area (Å²) >= 11 is 6.42. The van der Waals surface area contributed by atoms with E-state index in [9.17, 15) is 14.0 Å². The van der Waals surface area contributed by atoms with Crippen LogP contribution in [0.5, 0.6) is 0 Å². The number of ether oxygens (including phenoxy) is 1. The van der Waals surface area contributed by atoms with Crippen LogP contribution in [0.2, 0.25) is 0 Å². The molecule has 8 heteroatoms. The third-order valence-corrected chi connectivity index (χ3v) is 5.28. The van der Waals surface area contributed by atoms with Crippen molar-refractivity contribution in [1.82, 2.24) is 4.90 Å². The molecule has 0 atom stereocenters. The van der Waals surface area contributed by atoms with E-state index in [4.69, 9.17) is 16.6 Å². The predicted octanol–water partition coefficient (Wildman–Crippen LogP) is 4.24. The van der Waals surface area contributed by atoms with Gasteiger partial charge in [-0.1, -0.05) is 36.1 Å². The lowest BCUT2D eigenvalue weighted by atomic mass is 10.1. The fourth-order valence-corrected chi connectivity index (χ4v) is 3.83. The van der Waals surface area contributed by atoms with Gasteiger partial charge < -0.3 is 9.15 Å². The summed E-state index contributed by atoms with van der Waals surface area (Å²) in [5.41, 5.74) is 0.354. The van der Waals surface area contributed by atoms with Gasteiger partial charge in [0.2, 0.25) is 0 Å². The van der Waals surface area contributed by atoms with E-state index < -0.39 is 0 Å². The van der Waals surface area contributed by atoms with Gasteiger partial charge in [0.05, 0.1) is 17.6 Å². The number of furan rings is 1. The van der Waals surface area contributed by atoms with Crippen molar-refractivity contribution in [3.8, 4) is 11.3 Å². The molecule has 0 bridgehead atoms. The number of benzene rings is 1. The fourth-order valence-electron chi connectivity index (χ4n) is 2.54. The summed E-state index contributed by atoms with van der Waals surface area (Å²) in [4.78, 5) is 25.6. The van der Waals surface area contributed by atoms with Crippen LogP contribution in [-0.2, 0) is 14.3 Å². The molecule has 3 rings (SSSR count). The molecule has 1 aliphatic heterocycles. The minimum atomic E-state index is -0.379. The number of halogens is 1. The quantitative estimate of drug-likeness (QED) is 0.407. The number of nitrogens with zero attached hydrogens (tertiary/aromatic N) is 1. The molecule has 0 N–H and O–H groups in total. The molecular formula is C19H16FNO4S2. The smallest absolute Gasteiger partial charge is 0.305 e. The van der Waals surface area contributed by atoms with Crippen LogP contribution in [0, 0.1) is 5.82 Å². The van der Waals surface area contributed by atoms with E-state index in [1.54, 1.807) is 36.4 Å². The van der Waals surface area contributed by atoms with Crippen molar-refractivity contribution in [2.75, 3.05) is 13.7 Å². The van der Waals surface area contributed by atoms with Crippen LogP contribution in [0.25, 0.3) is 17.4 Å². The maximum Gasteiger partial charge on any atom is 0.305 e. The van der Waals surface area contributed by atoms with Crippen molar-refractivity contribution in [3.63, 3.8) is 0 Å². The van der Waals surface area contributed by atoms with Crippen LogP contribution in [-0.4, -0.2) is 34.8 Å². The van der Waals surface area contributed by atoms with Gasteiger partial charge in [0, 0.05) is 19.0 Å². The zero-order valence-electron chi connectivity index (χ0n) is 14.4. The van der Waals surface area contributed by atoms with E-state index in [1.807, 2.05) is 0 Å². The lowest BCUT2D eigenvalue weighted by Crippen LogP contribution is -2.29. The number of hydrogen-bond donors (Lipinski definition) is 0. The van der Waals surface area contributed by atoms with Crippen LogP contribution in [0.3, 0.4) is 0 Å². The highest BCUT2D eigenvalue weighted by Gasteiger charge is 2.32. The summed E-state index contributed by atoms with van der Waals surface area (Å²) in [6, 6.07) is 9.64. The Morgan fingerprint density at radius 3 is 2.85 bits per heavy atom. The van der Waals surface area contributed by atoms with E-state index in [-0.39, 0.29) is 24.1 Å². The summed E-state index contributed by atoms with van der Waals surface area (Å²) in [5, 5.41) is 0. The number of esters is 1. The van der Waals surface area contributed by atoms with E-state index in [0.29, 0.717) is 39.3 Å². The highest BCUT2D eigenvalue weighted by Crippen LogP contribution is 2.34. The number of amides is 1. The number of carbonyl (C=O) groups excluding carboxylic acids is 2. The number of carbonyl (C=O) groups is 2. The maximum atomic E-state index is 13.9. The first-order valence-corrected chi connectivity index (χ1v) is 9.39. The number of methoxy groups -OCH3 is 1. The summed E-state index contributed by atoms with van der Waals surface area (Å²) in [6.07, 6.45) is 2.27.